The molecule has 6 nitrogen and oxygen atoms in total. The maximum absolute atomic E-state index is 11.9. The largest absolute Gasteiger partial charge is 0.481 e. The Kier molecular flexibility index (Phi) is 6.42. The van der Waals surface area contributed by atoms with Gasteiger partial charge in [0.05, 0.1) is 7.11 Å². The Balaban J connectivity index is 1.73. The summed E-state index contributed by atoms with van der Waals surface area (Å²) in [6, 6.07) is 11.8. The summed E-state index contributed by atoms with van der Waals surface area (Å²) in [5.74, 6) is 0.527. The molecule has 0 aliphatic heterocycles. The maximum Gasteiger partial charge on any atom is 0.315 e. The van der Waals surface area contributed by atoms with Gasteiger partial charge < -0.3 is 20.3 Å². The summed E-state index contributed by atoms with van der Waals surface area (Å²) in [5, 5.41) is 5.66. The van der Waals surface area contributed by atoms with Gasteiger partial charge in [0.2, 0.25) is 5.88 Å². The normalized spacial score (nSPS) is 10.1. The number of benzene rings is 1. The first-order valence-electron chi connectivity index (χ1n) is 7.86. The van der Waals surface area contributed by atoms with Crippen molar-refractivity contribution >= 4 is 11.7 Å². The minimum Gasteiger partial charge on any atom is -0.481 e. The van der Waals surface area contributed by atoms with Gasteiger partial charge in [-0.25, -0.2) is 9.78 Å². The molecule has 0 aliphatic rings. The van der Waals surface area contributed by atoms with Gasteiger partial charge in [0.25, 0.3) is 0 Å². The monoisotopic (exact) mass is 328 g/mol. The molecule has 1 aromatic carbocycles. The lowest BCUT2D eigenvalue weighted by atomic mass is 10.1. The average molecular weight is 328 g/mol. The van der Waals surface area contributed by atoms with E-state index in [0.29, 0.717) is 19.0 Å². The third-order valence-electron chi connectivity index (χ3n) is 3.63. The van der Waals surface area contributed by atoms with Crippen LogP contribution in [0.2, 0.25) is 0 Å². The van der Waals surface area contributed by atoms with Crippen LogP contribution in [0, 0.1) is 0 Å². The van der Waals surface area contributed by atoms with Gasteiger partial charge in [-0.05, 0) is 30.2 Å². The summed E-state index contributed by atoms with van der Waals surface area (Å²) in [4.78, 5) is 18.0. The van der Waals surface area contributed by atoms with Crippen LogP contribution >= 0.6 is 0 Å². The van der Waals surface area contributed by atoms with E-state index < -0.39 is 0 Å². The van der Waals surface area contributed by atoms with Crippen molar-refractivity contribution in [2.24, 2.45) is 0 Å². The third-order valence-corrected chi connectivity index (χ3v) is 3.63. The quantitative estimate of drug-likeness (QED) is 0.818. The molecule has 128 valence electrons. The summed E-state index contributed by atoms with van der Waals surface area (Å²) in [7, 11) is 5.59. The SMILES string of the molecule is COc1ncccc1CNC(=O)NCCc1ccc(N(C)C)cc1. The molecule has 0 bridgehead atoms. The molecule has 24 heavy (non-hydrogen) atoms. The minimum absolute atomic E-state index is 0.203. The van der Waals surface area contributed by atoms with Crippen molar-refractivity contribution in [3.8, 4) is 5.88 Å². The van der Waals surface area contributed by atoms with Gasteiger partial charge in [0.15, 0.2) is 0 Å². The second-order valence-electron chi connectivity index (χ2n) is 5.59. The molecule has 6 heteroatoms. The number of aromatic nitrogens is 1. The van der Waals surface area contributed by atoms with E-state index >= 15 is 0 Å². The molecule has 2 amide bonds. The van der Waals surface area contributed by atoms with Crippen LogP contribution in [0.15, 0.2) is 42.6 Å². The lowest BCUT2D eigenvalue weighted by Gasteiger charge is -2.13. The Morgan fingerprint density at radius 3 is 2.58 bits per heavy atom. The Morgan fingerprint density at radius 2 is 1.92 bits per heavy atom. The summed E-state index contributed by atoms with van der Waals surface area (Å²) in [6.45, 7) is 0.956. The van der Waals surface area contributed by atoms with Crippen LogP contribution in [0.3, 0.4) is 0 Å². The van der Waals surface area contributed by atoms with E-state index in [0.717, 1.165) is 17.7 Å². The molecule has 1 heterocycles. The van der Waals surface area contributed by atoms with E-state index in [2.05, 4.69) is 44.8 Å². The number of urea groups is 1. The van der Waals surface area contributed by atoms with Crippen LogP contribution in [0.1, 0.15) is 11.1 Å². The third kappa shape index (κ3) is 5.15. The van der Waals surface area contributed by atoms with Crippen LogP contribution in [-0.4, -0.2) is 38.8 Å². The van der Waals surface area contributed by atoms with Crippen molar-refractivity contribution in [1.82, 2.24) is 15.6 Å². The van der Waals surface area contributed by atoms with Gasteiger partial charge >= 0.3 is 6.03 Å². The number of anilines is 1. The average Bonchev–Trinajstić information content (AvgIpc) is 2.60. The topological polar surface area (TPSA) is 66.5 Å². The highest BCUT2D eigenvalue weighted by Gasteiger charge is 2.05. The summed E-state index contributed by atoms with van der Waals surface area (Å²) < 4.78 is 5.16. The number of carbonyl (C=O) groups excluding carboxylic acids is 1. The van der Waals surface area contributed by atoms with Crippen molar-refractivity contribution < 1.29 is 9.53 Å². The highest BCUT2D eigenvalue weighted by molar-refractivity contribution is 5.73. The first kappa shape index (κ1) is 17.6. The molecule has 0 radical (unpaired) electrons. The van der Waals surface area contributed by atoms with E-state index in [9.17, 15) is 4.79 Å². The van der Waals surface area contributed by atoms with Gasteiger partial charge in [-0.15, -0.1) is 0 Å². The van der Waals surface area contributed by atoms with Crippen LogP contribution in [-0.2, 0) is 13.0 Å². The Morgan fingerprint density at radius 1 is 1.17 bits per heavy atom. The Hall–Kier alpha value is -2.76. The maximum atomic E-state index is 11.9. The van der Waals surface area contributed by atoms with E-state index in [1.807, 2.05) is 26.2 Å². The van der Waals surface area contributed by atoms with E-state index in [1.54, 1.807) is 13.3 Å². The highest BCUT2D eigenvalue weighted by Crippen LogP contribution is 2.13. The zero-order valence-electron chi connectivity index (χ0n) is 14.4. The fourth-order valence-electron chi connectivity index (χ4n) is 2.26. The van der Waals surface area contributed by atoms with Crippen LogP contribution in [0.5, 0.6) is 5.88 Å². The number of ether oxygens (including phenoxy) is 1. The lowest BCUT2D eigenvalue weighted by molar-refractivity contribution is 0.240. The molecule has 0 fully saturated rings. The van der Waals surface area contributed by atoms with Crippen molar-refractivity contribution in [3.63, 3.8) is 0 Å². The molecule has 2 rings (SSSR count). The predicted octanol–water partition coefficient (Wildman–Crippen LogP) is 2.20. The zero-order valence-corrected chi connectivity index (χ0v) is 14.4. The minimum atomic E-state index is -0.203. The van der Waals surface area contributed by atoms with Crippen LogP contribution in [0.4, 0.5) is 10.5 Å². The first-order valence-corrected chi connectivity index (χ1v) is 7.86. The van der Waals surface area contributed by atoms with Gasteiger partial charge in [0.1, 0.15) is 0 Å². The molecule has 2 N–H and O–H groups in total. The number of carbonyl (C=O) groups is 1. The van der Waals surface area contributed by atoms with Gasteiger partial charge in [-0.2, -0.15) is 0 Å². The highest BCUT2D eigenvalue weighted by atomic mass is 16.5. The summed E-state index contributed by atoms with van der Waals surface area (Å²) in [5.41, 5.74) is 3.19. The molecule has 0 saturated carbocycles. The molecule has 0 saturated heterocycles. The fourth-order valence-corrected chi connectivity index (χ4v) is 2.26. The summed E-state index contributed by atoms with van der Waals surface area (Å²) in [6.07, 6.45) is 2.45. The molecule has 1 aromatic heterocycles. The lowest BCUT2D eigenvalue weighted by Crippen LogP contribution is -2.36. The Labute approximate surface area is 142 Å². The van der Waals surface area contributed by atoms with Gasteiger partial charge in [-0.1, -0.05) is 18.2 Å². The van der Waals surface area contributed by atoms with Gasteiger partial charge in [0, 0.05) is 44.6 Å². The summed E-state index contributed by atoms with van der Waals surface area (Å²) >= 11 is 0. The number of hydrogen-bond acceptors (Lipinski definition) is 4. The second kappa shape index (κ2) is 8.76. The smallest absolute Gasteiger partial charge is 0.315 e. The Bertz CT molecular complexity index is 656. The zero-order chi connectivity index (χ0) is 17.4. The molecule has 0 spiro atoms. The van der Waals surface area contributed by atoms with Crippen molar-refractivity contribution in [1.29, 1.82) is 0 Å². The van der Waals surface area contributed by atoms with Crippen LogP contribution in [0.25, 0.3) is 0 Å². The van der Waals surface area contributed by atoms with Crippen LogP contribution < -0.4 is 20.3 Å². The van der Waals surface area contributed by atoms with Gasteiger partial charge in [-0.3, -0.25) is 0 Å². The number of nitrogens with one attached hydrogen (secondary N) is 2. The second-order valence-corrected chi connectivity index (χ2v) is 5.59. The number of hydrogen-bond donors (Lipinski definition) is 2. The number of amides is 2. The number of pyridine rings is 1. The van der Waals surface area contributed by atoms with Crippen molar-refractivity contribution in [3.05, 3.63) is 53.7 Å². The first-order chi connectivity index (χ1) is 11.6. The molecule has 0 unspecified atom stereocenters. The molecular weight excluding hydrogens is 304 g/mol. The molecule has 0 atom stereocenters. The van der Waals surface area contributed by atoms with E-state index in [1.165, 1.54) is 5.56 Å². The molecule has 0 aliphatic carbocycles. The number of nitrogens with zero attached hydrogens (tertiary/aromatic N) is 2. The van der Waals surface area contributed by atoms with E-state index in [4.69, 9.17) is 4.74 Å². The van der Waals surface area contributed by atoms with Crippen molar-refractivity contribution in [2.45, 2.75) is 13.0 Å². The van der Waals surface area contributed by atoms with E-state index in [-0.39, 0.29) is 6.03 Å². The molecule has 2 aromatic rings. The number of methoxy groups -OCH3 is 1. The molecular formula is C18H24N4O2. The number of rotatable bonds is 7. The predicted molar refractivity (Wildman–Crippen MR) is 95.5 cm³/mol. The van der Waals surface area contributed by atoms with Crippen molar-refractivity contribution in [2.75, 3.05) is 32.6 Å². The standard InChI is InChI=1S/C18H24N4O2/c1-22(2)16-8-6-14(7-9-16)10-12-20-18(23)21-13-15-5-4-11-19-17(15)24-3/h4-9,11H,10,12-13H2,1-3H3,(H2,20,21,23). The fraction of sp³-hybridized carbons (Fsp3) is 0.333.